The summed E-state index contributed by atoms with van der Waals surface area (Å²) in [6, 6.07) is 38.6. The summed E-state index contributed by atoms with van der Waals surface area (Å²) in [6.07, 6.45) is 3.20. The number of anilines is 3. The van der Waals surface area contributed by atoms with Crippen LogP contribution in [0.1, 0.15) is 0 Å². The van der Waals surface area contributed by atoms with Crippen molar-refractivity contribution in [2.24, 2.45) is 0 Å². The first-order valence-electron chi connectivity index (χ1n) is 13.3. The first-order chi connectivity index (χ1) is 20.2. The molecule has 194 valence electrons. The Hall–Kier alpha value is -5.33. The SMILES string of the molecule is O=c1c2cc(-c3ccncn3)ccc2oc2cc3c(cc12)sc1c(N(c2ccccc2)c2ccccc2)cccc13. The van der Waals surface area contributed by atoms with Crippen LogP contribution in [0.5, 0.6) is 0 Å². The van der Waals surface area contributed by atoms with E-state index in [1.54, 1.807) is 17.5 Å². The summed E-state index contributed by atoms with van der Waals surface area (Å²) in [5.41, 5.74) is 5.94. The molecule has 0 radical (unpaired) electrons. The highest BCUT2D eigenvalue weighted by molar-refractivity contribution is 7.26. The first-order valence-corrected chi connectivity index (χ1v) is 14.1. The van der Waals surface area contributed by atoms with Crippen molar-refractivity contribution in [1.29, 1.82) is 0 Å². The molecular formula is C35H21N3O2S. The van der Waals surface area contributed by atoms with E-state index in [1.807, 2.05) is 48.5 Å². The van der Waals surface area contributed by atoms with Crippen LogP contribution in [0.2, 0.25) is 0 Å². The van der Waals surface area contributed by atoms with Crippen molar-refractivity contribution in [2.45, 2.75) is 0 Å². The van der Waals surface area contributed by atoms with Crippen molar-refractivity contribution < 1.29 is 4.42 Å². The van der Waals surface area contributed by atoms with Crippen LogP contribution in [-0.4, -0.2) is 9.97 Å². The van der Waals surface area contributed by atoms with Crippen LogP contribution in [0.4, 0.5) is 17.1 Å². The van der Waals surface area contributed by atoms with Gasteiger partial charge in [0, 0.05) is 38.6 Å². The van der Waals surface area contributed by atoms with Gasteiger partial charge in [0.15, 0.2) is 0 Å². The molecular weight excluding hydrogens is 526 g/mol. The fourth-order valence-corrected chi connectivity index (χ4v) is 6.74. The molecule has 3 aromatic heterocycles. The molecule has 0 aliphatic heterocycles. The molecule has 5 nitrogen and oxygen atoms in total. The second kappa shape index (κ2) is 9.40. The van der Waals surface area contributed by atoms with E-state index in [0.717, 1.165) is 48.5 Å². The Morgan fingerprint density at radius 1 is 0.659 bits per heavy atom. The van der Waals surface area contributed by atoms with E-state index in [4.69, 9.17) is 4.42 Å². The maximum Gasteiger partial charge on any atom is 0.200 e. The predicted octanol–water partition coefficient (Wildman–Crippen LogP) is 9.24. The minimum Gasteiger partial charge on any atom is -0.456 e. The summed E-state index contributed by atoms with van der Waals surface area (Å²) in [4.78, 5) is 24.4. The maximum absolute atomic E-state index is 13.8. The number of fused-ring (bicyclic) bond motifs is 5. The molecule has 0 saturated heterocycles. The Kier molecular flexibility index (Phi) is 5.40. The van der Waals surface area contributed by atoms with E-state index >= 15 is 0 Å². The number of rotatable bonds is 4. The van der Waals surface area contributed by atoms with Crippen LogP contribution < -0.4 is 10.3 Å². The number of thiophene rings is 1. The third kappa shape index (κ3) is 3.88. The van der Waals surface area contributed by atoms with Gasteiger partial charge in [-0.25, -0.2) is 9.97 Å². The van der Waals surface area contributed by atoms with Gasteiger partial charge in [0.2, 0.25) is 5.43 Å². The molecule has 5 aromatic carbocycles. The highest BCUT2D eigenvalue weighted by Gasteiger charge is 2.19. The van der Waals surface area contributed by atoms with E-state index < -0.39 is 0 Å². The summed E-state index contributed by atoms with van der Waals surface area (Å²) >= 11 is 1.70. The molecule has 3 heterocycles. The van der Waals surface area contributed by atoms with E-state index in [0.29, 0.717) is 21.9 Å². The van der Waals surface area contributed by atoms with Gasteiger partial charge in [-0.3, -0.25) is 4.79 Å². The van der Waals surface area contributed by atoms with E-state index in [1.165, 1.54) is 6.33 Å². The molecule has 8 aromatic rings. The van der Waals surface area contributed by atoms with Crippen molar-refractivity contribution in [2.75, 3.05) is 4.90 Å². The first kappa shape index (κ1) is 23.5. The summed E-state index contributed by atoms with van der Waals surface area (Å²) < 4.78 is 8.51. The third-order valence-corrected chi connectivity index (χ3v) is 8.61. The van der Waals surface area contributed by atoms with Gasteiger partial charge in [0.1, 0.15) is 17.5 Å². The lowest BCUT2D eigenvalue weighted by Gasteiger charge is -2.25. The molecule has 0 aliphatic rings. The van der Waals surface area contributed by atoms with Gasteiger partial charge in [0.25, 0.3) is 0 Å². The Balaban J connectivity index is 1.36. The number of para-hydroxylation sites is 2. The van der Waals surface area contributed by atoms with Crippen molar-refractivity contribution in [3.05, 3.63) is 138 Å². The fourth-order valence-electron chi connectivity index (χ4n) is 5.51. The average molecular weight is 548 g/mol. The van der Waals surface area contributed by atoms with Crippen LogP contribution in [0.3, 0.4) is 0 Å². The molecule has 0 bridgehead atoms. The normalized spacial score (nSPS) is 11.5. The largest absolute Gasteiger partial charge is 0.456 e. The highest BCUT2D eigenvalue weighted by Crippen LogP contribution is 2.45. The molecule has 0 unspecified atom stereocenters. The Morgan fingerprint density at radius 3 is 2.15 bits per heavy atom. The van der Waals surface area contributed by atoms with Crippen LogP contribution in [0, 0.1) is 0 Å². The fraction of sp³-hybridized carbons (Fsp3) is 0. The maximum atomic E-state index is 13.8. The average Bonchev–Trinajstić information content (AvgIpc) is 3.40. The summed E-state index contributed by atoms with van der Waals surface area (Å²) in [6.45, 7) is 0. The lowest BCUT2D eigenvalue weighted by atomic mass is 10.0. The summed E-state index contributed by atoms with van der Waals surface area (Å²) in [7, 11) is 0. The lowest BCUT2D eigenvalue weighted by molar-refractivity contribution is 0.660. The molecule has 0 atom stereocenters. The number of nitrogens with zero attached hydrogens (tertiary/aromatic N) is 3. The molecule has 6 heteroatoms. The van der Waals surface area contributed by atoms with Crippen LogP contribution in [-0.2, 0) is 0 Å². The second-order valence-electron chi connectivity index (χ2n) is 9.84. The van der Waals surface area contributed by atoms with Gasteiger partial charge in [0.05, 0.1) is 26.9 Å². The van der Waals surface area contributed by atoms with Gasteiger partial charge in [-0.15, -0.1) is 11.3 Å². The smallest absolute Gasteiger partial charge is 0.200 e. The molecule has 0 amide bonds. The zero-order valence-electron chi connectivity index (χ0n) is 21.7. The van der Waals surface area contributed by atoms with E-state index in [-0.39, 0.29) is 5.43 Å². The summed E-state index contributed by atoms with van der Waals surface area (Å²) in [5.74, 6) is 0. The molecule has 41 heavy (non-hydrogen) atoms. The summed E-state index contributed by atoms with van der Waals surface area (Å²) in [5, 5.41) is 3.30. The van der Waals surface area contributed by atoms with Crippen molar-refractivity contribution in [3.8, 4) is 11.3 Å². The number of benzene rings is 5. The van der Waals surface area contributed by atoms with Gasteiger partial charge in [-0.1, -0.05) is 48.5 Å². The Labute approximate surface area is 238 Å². The number of aromatic nitrogens is 2. The van der Waals surface area contributed by atoms with Crippen LogP contribution in [0.25, 0.3) is 53.4 Å². The quantitative estimate of drug-likeness (QED) is 0.206. The van der Waals surface area contributed by atoms with E-state index in [9.17, 15) is 4.79 Å². The molecule has 0 N–H and O–H groups in total. The number of hydrogen-bond donors (Lipinski definition) is 0. The van der Waals surface area contributed by atoms with E-state index in [2.05, 4.69) is 81.6 Å². The minimum atomic E-state index is -0.0491. The third-order valence-electron chi connectivity index (χ3n) is 7.41. The lowest BCUT2D eigenvalue weighted by Crippen LogP contribution is -2.09. The van der Waals surface area contributed by atoms with Crippen molar-refractivity contribution in [3.63, 3.8) is 0 Å². The second-order valence-corrected chi connectivity index (χ2v) is 10.9. The van der Waals surface area contributed by atoms with Gasteiger partial charge in [-0.2, -0.15) is 0 Å². The Bertz CT molecular complexity index is 2240. The molecule has 0 aliphatic carbocycles. The van der Waals surface area contributed by atoms with Crippen molar-refractivity contribution >= 4 is 70.5 Å². The standard InChI is InChI=1S/C35H21N3O2S/c39-34-27-18-22(29-16-17-36-21-37-29)14-15-31(27)40-32-19-26-25-12-7-13-30(35(25)41-33(26)20-28(32)34)38(23-8-3-1-4-9-23)24-10-5-2-6-11-24/h1-21H. The zero-order chi connectivity index (χ0) is 27.3. The topological polar surface area (TPSA) is 59.2 Å². The zero-order valence-corrected chi connectivity index (χ0v) is 22.5. The van der Waals surface area contributed by atoms with Crippen molar-refractivity contribution in [1.82, 2.24) is 9.97 Å². The minimum absolute atomic E-state index is 0.0491. The van der Waals surface area contributed by atoms with Gasteiger partial charge < -0.3 is 9.32 Å². The Morgan fingerprint density at radius 2 is 1.41 bits per heavy atom. The van der Waals surface area contributed by atoms with Gasteiger partial charge >= 0.3 is 0 Å². The molecule has 0 spiro atoms. The van der Waals surface area contributed by atoms with Crippen LogP contribution in [0.15, 0.2) is 137 Å². The molecule has 0 saturated carbocycles. The highest BCUT2D eigenvalue weighted by atomic mass is 32.1. The predicted molar refractivity (Wildman–Crippen MR) is 169 cm³/mol. The molecule has 0 fully saturated rings. The monoisotopic (exact) mass is 547 g/mol. The van der Waals surface area contributed by atoms with Crippen LogP contribution >= 0.6 is 11.3 Å². The number of hydrogen-bond acceptors (Lipinski definition) is 6. The molecule has 8 rings (SSSR count). The van der Waals surface area contributed by atoms with Gasteiger partial charge in [-0.05, 0) is 66.7 Å².